The quantitative estimate of drug-likeness (QED) is 0.750. The summed E-state index contributed by atoms with van der Waals surface area (Å²) in [5.74, 6) is -0.230. The fourth-order valence-corrected chi connectivity index (χ4v) is 2.38. The Morgan fingerprint density at radius 1 is 1.14 bits per heavy atom. The van der Waals surface area contributed by atoms with E-state index in [1.54, 1.807) is 23.0 Å². The predicted octanol–water partition coefficient (Wildman–Crippen LogP) is 3.52. The lowest BCUT2D eigenvalue weighted by molar-refractivity contribution is 0.102. The summed E-state index contributed by atoms with van der Waals surface area (Å²) in [5.41, 5.74) is 1.95. The second-order valence-electron chi connectivity index (χ2n) is 4.86. The van der Waals surface area contributed by atoms with Crippen LogP contribution in [0.15, 0.2) is 60.8 Å². The molecule has 22 heavy (non-hydrogen) atoms. The van der Waals surface area contributed by atoms with Crippen LogP contribution in [0.1, 0.15) is 21.6 Å². The smallest absolute Gasteiger partial charge is 0.211 e. The molecule has 1 heterocycles. The van der Waals surface area contributed by atoms with Crippen LogP contribution in [0.2, 0.25) is 5.02 Å². The first-order chi connectivity index (χ1) is 10.6. The van der Waals surface area contributed by atoms with E-state index in [1.165, 1.54) is 12.1 Å². The number of carbonyl (C=O) groups is 1. The molecule has 0 atom stereocenters. The molecule has 3 rings (SSSR count). The first kappa shape index (κ1) is 14.4. The third-order valence-corrected chi connectivity index (χ3v) is 3.64. The van der Waals surface area contributed by atoms with Crippen LogP contribution in [0.4, 0.5) is 0 Å². The van der Waals surface area contributed by atoms with Crippen LogP contribution in [0.5, 0.6) is 5.75 Å². The molecule has 0 unspecified atom stereocenters. The number of halogens is 1. The number of aromatic hydroxyl groups is 1. The SMILES string of the molecule is O=C(c1ccc(O)c(Cl)c1)c1ccnn1Cc1ccccc1. The molecule has 1 aromatic heterocycles. The lowest BCUT2D eigenvalue weighted by Crippen LogP contribution is -2.12. The molecule has 3 aromatic rings. The van der Waals surface area contributed by atoms with Gasteiger partial charge in [0.1, 0.15) is 11.4 Å². The van der Waals surface area contributed by atoms with Gasteiger partial charge in [-0.15, -0.1) is 0 Å². The van der Waals surface area contributed by atoms with Crippen LogP contribution >= 0.6 is 11.6 Å². The van der Waals surface area contributed by atoms with E-state index in [4.69, 9.17) is 11.6 Å². The number of hydrogen-bond donors (Lipinski definition) is 1. The summed E-state index contributed by atoms with van der Waals surface area (Å²) in [6.45, 7) is 0.515. The molecule has 4 nitrogen and oxygen atoms in total. The van der Waals surface area contributed by atoms with Crippen molar-refractivity contribution in [2.45, 2.75) is 6.54 Å². The van der Waals surface area contributed by atoms with E-state index in [0.29, 0.717) is 17.8 Å². The van der Waals surface area contributed by atoms with E-state index < -0.39 is 0 Å². The molecule has 0 bridgehead atoms. The lowest BCUT2D eigenvalue weighted by atomic mass is 10.1. The highest BCUT2D eigenvalue weighted by molar-refractivity contribution is 6.32. The van der Waals surface area contributed by atoms with E-state index in [2.05, 4.69) is 5.10 Å². The van der Waals surface area contributed by atoms with Gasteiger partial charge < -0.3 is 5.11 Å². The van der Waals surface area contributed by atoms with Crippen molar-refractivity contribution in [2.24, 2.45) is 0 Å². The van der Waals surface area contributed by atoms with Crippen LogP contribution in [0.25, 0.3) is 0 Å². The number of benzene rings is 2. The first-order valence-electron chi connectivity index (χ1n) is 6.74. The Morgan fingerprint density at radius 2 is 1.91 bits per heavy atom. The molecule has 1 N–H and O–H groups in total. The molecule has 2 aromatic carbocycles. The fourth-order valence-electron chi connectivity index (χ4n) is 2.20. The number of hydrogen-bond acceptors (Lipinski definition) is 3. The van der Waals surface area contributed by atoms with Gasteiger partial charge in [-0.2, -0.15) is 5.10 Å². The molecule has 5 heteroatoms. The average molecular weight is 313 g/mol. The fraction of sp³-hybridized carbons (Fsp3) is 0.0588. The number of aromatic nitrogens is 2. The predicted molar refractivity (Wildman–Crippen MR) is 84.3 cm³/mol. The van der Waals surface area contributed by atoms with Gasteiger partial charge in [-0.1, -0.05) is 41.9 Å². The molecular formula is C17H13ClN2O2. The number of nitrogens with zero attached hydrogens (tertiary/aromatic N) is 2. The third-order valence-electron chi connectivity index (χ3n) is 3.33. The highest BCUT2D eigenvalue weighted by Crippen LogP contribution is 2.25. The normalized spacial score (nSPS) is 10.6. The molecule has 0 spiro atoms. The summed E-state index contributed by atoms with van der Waals surface area (Å²) < 4.78 is 1.65. The lowest BCUT2D eigenvalue weighted by Gasteiger charge is -2.07. The van der Waals surface area contributed by atoms with Gasteiger partial charge in [0, 0.05) is 11.8 Å². The van der Waals surface area contributed by atoms with E-state index in [9.17, 15) is 9.90 Å². The minimum atomic E-state index is -0.185. The minimum absolute atomic E-state index is 0.0454. The Kier molecular flexibility index (Phi) is 3.94. The molecular weight excluding hydrogens is 300 g/mol. The van der Waals surface area contributed by atoms with Gasteiger partial charge in [-0.25, -0.2) is 0 Å². The molecule has 110 valence electrons. The van der Waals surface area contributed by atoms with Crippen molar-refractivity contribution in [1.82, 2.24) is 9.78 Å². The average Bonchev–Trinajstić information content (AvgIpc) is 2.98. The standard InChI is InChI=1S/C17H13ClN2O2/c18-14-10-13(6-7-16(14)21)17(22)15-8-9-19-20(15)11-12-4-2-1-3-5-12/h1-10,21H,11H2. The largest absolute Gasteiger partial charge is 0.506 e. The van der Waals surface area contributed by atoms with Crippen LogP contribution in [0.3, 0.4) is 0 Å². The van der Waals surface area contributed by atoms with Crippen LogP contribution < -0.4 is 0 Å². The minimum Gasteiger partial charge on any atom is -0.506 e. The van der Waals surface area contributed by atoms with Crippen LogP contribution in [-0.2, 0) is 6.54 Å². The van der Waals surface area contributed by atoms with Gasteiger partial charge >= 0.3 is 0 Å². The maximum atomic E-state index is 12.6. The van der Waals surface area contributed by atoms with Crippen molar-refractivity contribution in [2.75, 3.05) is 0 Å². The molecule has 0 saturated heterocycles. The van der Waals surface area contributed by atoms with Gasteiger partial charge in [-0.3, -0.25) is 9.48 Å². The molecule has 0 fully saturated rings. The summed E-state index contributed by atoms with van der Waals surface area (Å²) in [7, 11) is 0. The van der Waals surface area contributed by atoms with Crippen molar-refractivity contribution in [3.8, 4) is 5.75 Å². The molecule has 0 aliphatic carbocycles. The number of phenolic OH excluding ortho intramolecular Hbond substituents is 1. The van der Waals surface area contributed by atoms with E-state index in [-0.39, 0.29) is 16.6 Å². The summed E-state index contributed by atoms with van der Waals surface area (Å²) in [4.78, 5) is 12.6. The summed E-state index contributed by atoms with van der Waals surface area (Å²) in [6, 6.07) is 15.9. The summed E-state index contributed by atoms with van der Waals surface area (Å²) in [6.07, 6.45) is 1.60. The van der Waals surface area contributed by atoms with E-state index >= 15 is 0 Å². The topological polar surface area (TPSA) is 55.1 Å². The monoisotopic (exact) mass is 312 g/mol. The van der Waals surface area contributed by atoms with E-state index in [1.807, 2.05) is 30.3 Å². The molecule has 0 aliphatic heterocycles. The zero-order valence-electron chi connectivity index (χ0n) is 11.6. The number of ketones is 1. The van der Waals surface area contributed by atoms with Crippen LogP contribution in [0, 0.1) is 0 Å². The third kappa shape index (κ3) is 2.87. The van der Waals surface area contributed by atoms with Crippen molar-refractivity contribution in [1.29, 1.82) is 0 Å². The molecule has 0 saturated carbocycles. The van der Waals surface area contributed by atoms with Gasteiger partial charge in [0.25, 0.3) is 0 Å². The van der Waals surface area contributed by atoms with E-state index in [0.717, 1.165) is 5.56 Å². The number of phenols is 1. The second-order valence-corrected chi connectivity index (χ2v) is 5.26. The Morgan fingerprint density at radius 3 is 2.64 bits per heavy atom. The van der Waals surface area contributed by atoms with Crippen molar-refractivity contribution in [3.05, 3.63) is 82.6 Å². The Hall–Kier alpha value is -2.59. The van der Waals surface area contributed by atoms with Gasteiger partial charge in [0.2, 0.25) is 5.78 Å². The second kappa shape index (κ2) is 6.03. The molecule has 0 aliphatic rings. The first-order valence-corrected chi connectivity index (χ1v) is 7.12. The Labute approximate surface area is 132 Å². The summed E-state index contributed by atoms with van der Waals surface area (Å²) >= 11 is 5.86. The van der Waals surface area contributed by atoms with Crippen molar-refractivity contribution >= 4 is 17.4 Å². The molecule has 0 radical (unpaired) electrons. The Balaban J connectivity index is 1.90. The van der Waals surface area contributed by atoms with Crippen LogP contribution in [-0.4, -0.2) is 20.7 Å². The molecule has 0 amide bonds. The van der Waals surface area contributed by atoms with Crippen molar-refractivity contribution < 1.29 is 9.90 Å². The summed E-state index contributed by atoms with van der Waals surface area (Å²) in [5, 5.41) is 13.8. The highest BCUT2D eigenvalue weighted by Gasteiger charge is 2.15. The zero-order chi connectivity index (χ0) is 15.5. The number of carbonyl (C=O) groups excluding carboxylic acids is 1. The zero-order valence-corrected chi connectivity index (χ0v) is 12.4. The van der Waals surface area contributed by atoms with Crippen molar-refractivity contribution in [3.63, 3.8) is 0 Å². The van der Waals surface area contributed by atoms with Gasteiger partial charge in [-0.05, 0) is 29.8 Å². The van der Waals surface area contributed by atoms with Gasteiger partial charge in [0.05, 0.1) is 11.6 Å². The maximum Gasteiger partial charge on any atom is 0.211 e. The number of rotatable bonds is 4. The van der Waals surface area contributed by atoms with Gasteiger partial charge in [0.15, 0.2) is 0 Å². The maximum absolute atomic E-state index is 12.6. The highest BCUT2D eigenvalue weighted by atomic mass is 35.5. The Bertz CT molecular complexity index is 813.